The van der Waals surface area contributed by atoms with Crippen LogP contribution >= 0.6 is 0 Å². The lowest BCUT2D eigenvalue weighted by Gasteiger charge is -2.35. The Labute approximate surface area is 150 Å². The molecule has 0 bridgehead atoms. The van der Waals surface area contributed by atoms with Crippen LogP contribution in [-0.2, 0) is 11.3 Å². The molecule has 1 aromatic carbocycles. The van der Waals surface area contributed by atoms with Crippen molar-refractivity contribution in [2.24, 2.45) is 5.92 Å². The lowest BCUT2D eigenvalue weighted by molar-refractivity contribution is -0.0718. The van der Waals surface area contributed by atoms with Crippen molar-refractivity contribution in [3.8, 4) is 11.6 Å². The second-order valence-electron chi connectivity index (χ2n) is 7.43. The number of rotatable bonds is 6. The summed E-state index contributed by atoms with van der Waals surface area (Å²) in [7, 11) is 0. The zero-order valence-corrected chi connectivity index (χ0v) is 15.4. The van der Waals surface area contributed by atoms with E-state index in [9.17, 15) is 0 Å². The summed E-state index contributed by atoms with van der Waals surface area (Å²) in [5.41, 5.74) is 2.19. The summed E-state index contributed by atoms with van der Waals surface area (Å²) in [6, 6.07) is 12.0. The van der Waals surface area contributed by atoms with Crippen molar-refractivity contribution in [1.29, 1.82) is 0 Å². The van der Waals surface area contributed by atoms with Crippen LogP contribution in [0.15, 0.2) is 42.6 Å². The highest BCUT2D eigenvalue weighted by Crippen LogP contribution is 2.29. The second kappa shape index (κ2) is 7.98. The third-order valence-electron chi connectivity index (χ3n) is 4.70. The number of ether oxygens (including phenoxy) is 2. The van der Waals surface area contributed by atoms with Gasteiger partial charge in [0.15, 0.2) is 0 Å². The number of hydrogen-bond acceptors (Lipinski definition) is 4. The Morgan fingerprint density at radius 2 is 2.08 bits per heavy atom. The van der Waals surface area contributed by atoms with Gasteiger partial charge < -0.3 is 14.8 Å². The summed E-state index contributed by atoms with van der Waals surface area (Å²) in [5, 5.41) is 3.57. The lowest BCUT2D eigenvalue weighted by atomic mass is 9.88. The van der Waals surface area contributed by atoms with Crippen LogP contribution in [0.2, 0.25) is 0 Å². The number of nitrogens with one attached hydrogen (secondary N) is 1. The molecule has 3 rings (SSSR count). The standard InChI is InChI=1S/C21H28N2O2/c1-16-7-4-5-9-19(16)25-20-18(8-6-11-23-20)15-22-14-17-10-12-24-21(2,3)13-17/h4-9,11,17,22H,10,12-15H2,1-3H3. The summed E-state index contributed by atoms with van der Waals surface area (Å²) in [6.07, 6.45) is 3.99. The lowest BCUT2D eigenvalue weighted by Crippen LogP contribution is -2.37. The summed E-state index contributed by atoms with van der Waals surface area (Å²) >= 11 is 0. The van der Waals surface area contributed by atoms with E-state index in [1.54, 1.807) is 6.20 Å². The Morgan fingerprint density at radius 3 is 2.88 bits per heavy atom. The molecule has 2 aromatic rings. The highest BCUT2D eigenvalue weighted by Gasteiger charge is 2.28. The van der Waals surface area contributed by atoms with E-state index in [1.807, 2.05) is 37.3 Å². The first kappa shape index (κ1) is 17.9. The van der Waals surface area contributed by atoms with Gasteiger partial charge in [-0.1, -0.05) is 24.3 Å². The van der Waals surface area contributed by atoms with Crippen LogP contribution in [0.1, 0.15) is 37.8 Å². The molecule has 2 heterocycles. The van der Waals surface area contributed by atoms with Gasteiger partial charge in [-0.15, -0.1) is 0 Å². The van der Waals surface area contributed by atoms with Crippen molar-refractivity contribution < 1.29 is 9.47 Å². The van der Waals surface area contributed by atoms with Crippen molar-refractivity contribution in [2.75, 3.05) is 13.2 Å². The number of nitrogens with zero attached hydrogens (tertiary/aromatic N) is 1. The van der Waals surface area contributed by atoms with Gasteiger partial charge in [0.1, 0.15) is 5.75 Å². The Balaban J connectivity index is 1.59. The van der Waals surface area contributed by atoms with Gasteiger partial charge in [0, 0.05) is 24.9 Å². The van der Waals surface area contributed by atoms with E-state index in [4.69, 9.17) is 9.47 Å². The van der Waals surface area contributed by atoms with Crippen molar-refractivity contribution in [3.63, 3.8) is 0 Å². The fourth-order valence-corrected chi connectivity index (χ4v) is 3.37. The van der Waals surface area contributed by atoms with E-state index in [2.05, 4.69) is 30.2 Å². The largest absolute Gasteiger partial charge is 0.438 e. The first-order valence-corrected chi connectivity index (χ1v) is 9.05. The maximum atomic E-state index is 6.04. The third kappa shape index (κ3) is 5.03. The van der Waals surface area contributed by atoms with Crippen LogP contribution < -0.4 is 10.1 Å². The number of aromatic nitrogens is 1. The van der Waals surface area contributed by atoms with Crippen LogP contribution in [0.5, 0.6) is 11.6 Å². The predicted octanol–water partition coefficient (Wildman–Crippen LogP) is 4.48. The quantitative estimate of drug-likeness (QED) is 0.842. The Morgan fingerprint density at radius 1 is 1.24 bits per heavy atom. The minimum atomic E-state index is -0.00198. The summed E-state index contributed by atoms with van der Waals surface area (Å²) in [6.45, 7) is 9.00. The molecule has 4 nitrogen and oxygen atoms in total. The summed E-state index contributed by atoms with van der Waals surface area (Å²) in [5.74, 6) is 2.19. The van der Waals surface area contributed by atoms with Gasteiger partial charge in [0.25, 0.3) is 0 Å². The van der Waals surface area contributed by atoms with Gasteiger partial charge in [-0.2, -0.15) is 0 Å². The van der Waals surface area contributed by atoms with Crippen molar-refractivity contribution in [2.45, 2.75) is 45.8 Å². The summed E-state index contributed by atoms with van der Waals surface area (Å²) in [4.78, 5) is 4.42. The summed E-state index contributed by atoms with van der Waals surface area (Å²) < 4.78 is 11.8. The molecular weight excluding hydrogens is 312 g/mol. The molecular formula is C21H28N2O2. The van der Waals surface area contributed by atoms with Crippen LogP contribution in [-0.4, -0.2) is 23.7 Å². The minimum absolute atomic E-state index is 0.00198. The molecule has 0 aliphatic carbocycles. The van der Waals surface area contributed by atoms with E-state index >= 15 is 0 Å². The smallest absolute Gasteiger partial charge is 0.223 e. The molecule has 1 aromatic heterocycles. The zero-order chi connectivity index (χ0) is 17.7. The third-order valence-corrected chi connectivity index (χ3v) is 4.70. The molecule has 25 heavy (non-hydrogen) atoms. The Kier molecular flexibility index (Phi) is 5.71. The molecule has 0 radical (unpaired) electrons. The van der Waals surface area contributed by atoms with Crippen LogP contribution in [0, 0.1) is 12.8 Å². The van der Waals surface area contributed by atoms with Gasteiger partial charge in [-0.3, -0.25) is 0 Å². The molecule has 0 amide bonds. The van der Waals surface area contributed by atoms with Crippen molar-refractivity contribution in [1.82, 2.24) is 10.3 Å². The van der Waals surface area contributed by atoms with Gasteiger partial charge in [0.05, 0.1) is 5.60 Å². The van der Waals surface area contributed by atoms with Crippen LogP contribution in [0.25, 0.3) is 0 Å². The van der Waals surface area contributed by atoms with E-state index in [0.29, 0.717) is 11.8 Å². The van der Waals surface area contributed by atoms with E-state index in [-0.39, 0.29) is 5.60 Å². The Hall–Kier alpha value is -1.91. The fraction of sp³-hybridized carbons (Fsp3) is 0.476. The van der Waals surface area contributed by atoms with E-state index in [1.165, 1.54) is 0 Å². The molecule has 0 saturated carbocycles. The molecule has 1 saturated heterocycles. The number of benzene rings is 1. The number of aryl methyl sites for hydroxylation is 1. The van der Waals surface area contributed by atoms with Gasteiger partial charge in [0.2, 0.25) is 5.88 Å². The average Bonchev–Trinajstić information content (AvgIpc) is 2.57. The van der Waals surface area contributed by atoms with Crippen LogP contribution in [0.3, 0.4) is 0 Å². The van der Waals surface area contributed by atoms with E-state index in [0.717, 1.165) is 49.4 Å². The molecule has 4 heteroatoms. The maximum absolute atomic E-state index is 6.04. The molecule has 1 unspecified atom stereocenters. The van der Waals surface area contributed by atoms with Crippen molar-refractivity contribution in [3.05, 3.63) is 53.7 Å². The molecule has 1 aliphatic rings. The van der Waals surface area contributed by atoms with Gasteiger partial charge in [-0.05, 0) is 63.8 Å². The number of para-hydroxylation sites is 1. The topological polar surface area (TPSA) is 43.4 Å². The monoisotopic (exact) mass is 340 g/mol. The van der Waals surface area contributed by atoms with Gasteiger partial charge in [-0.25, -0.2) is 4.98 Å². The molecule has 1 fully saturated rings. The fourth-order valence-electron chi connectivity index (χ4n) is 3.37. The molecule has 1 aliphatic heterocycles. The molecule has 134 valence electrons. The van der Waals surface area contributed by atoms with Gasteiger partial charge >= 0.3 is 0 Å². The van der Waals surface area contributed by atoms with E-state index < -0.39 is 0 Å². The number of pyridine rings is 1. The Bertz CT molecular complexity index is 700. The highest BCUT2D eigenvalue weighted by atomic mass is 16.5. The first-order chi connectivity index (χ1) is 12.0. The molecule has 0 spiro atoms. The minimum Gasteiger partial charge on any atom is -0.438 e. The number of hydrogen-bond donors (Lipinski definition) is 1. The first-order valence-electron chi connectivity index (χ1n) is 9.05. The maximum Gasteiger partial charge on any atom is 0.223 e. The average molecular weight is 340 g/mol. The highest BCUT2D eigenvalue weighted by molar-refractivity contribution is 5.37. The zero-order valence-electron chi connectivity index (χ0n) is 15.4. The SMILES string of the molecule is Cc1ccccc1Oc1ncccc1CNCC1CCOC(C)(C)C1. The normalized spacial score (nSPS) is 19.6. The molecule has 1 atom stereocenters. The predicted molar refractivity (Wildman–Crippen MR) is 100.0 cm³/mol. The molecule has 1 N–H and O–H groups in total. The van der Waals surface area contributed by atoms with Crippen LogP contribution in [0.4, 0.5) is 0 Å². The second-order valence-corrected chi connectivity index (χ2v) is 7.43. The van der Waals surface area contributed by atoms with Crippen molar-refractivity contribution >= 4 is 0 Å².